The van der Waals surface area contributed by atoms with E-state index in [1.54, 1.807) is 0 Å². The van der Waals surface area contributed by atoms with Crippen LogP contribution in [0.4, 0.5) is 5.69 Å². The van der Waals surface area contributed by atoms with Crippen LogP contribution < -0.4 is 5.56 Å². The van der Waals surface area contributed by atoms with Gasteiger partial charge in [-0.3, -0.25) is 14.9 Å². The summed E-state index contributed by atoms with van der Waals surface area (Å²) in [6.07, 6.45) is 1.21. The summed E-state index contributed by atoms with van der Waals surface area (Å²) in [7, 11) is 0. The highest BCUT2D eigenvalue weighted by Crippen LogP contribution is 2.05. The van der Waals surface area contributed by atoms with Crippen LogP contribution in [0.25, 0.3) is 0 Å². The third-order valence-corrected chi connectivity index (χ3v) is 2.07. The lowest BCUT2D eigenvalue weighted by molar-refractivity contribution is -0.385. The highest BCUT2D eigenvalue weighted by molar-refractivity contribution is 7.80. The number of rotatable bonds is 6. The van der Waals surface area contributed by atoms with Crippen molar-refractivity contribution in [2.75, 3.05) is 19.0 Å². The van der Waals surface area contributed by atoms with Crippen molar-refractivity contribution in [2.45, 2.75) is 6.54 Å². The smallest absolute Gasteiger partial charge is 0.285 e. The van der Waals surface area contributed by atoms with Gasteiger partial charge in [0.1, 0.15) is 0 Å². The first-order valence-corrected chi connectivity index (χ1v) is 5.32. The molecule has 7 heteroatoms. The van der Waals surface area contributed by atoms with Gasteiger partial charge >= 0.3 is 0 Å². The average Bonchev–Trinajstić information content (AvgIpc) is 2.26. The SMILES string of the molecule is O=c1ccc([N+](=O)[O-])cn1CCOCCS. The van der Waals surface area contributed by atoms with Gasteiger partial charge in [-0.1, -0.05) is 0 Å². The number of aromatic nitrogens is 1. The van der Waals surface area contributed by atoms with Gasteiger partial charge in [0.15, 0.2) is 0 Å². The second-order valence-corrected chi connectivity index (χ2v) is 3.46. The van der Waals surface area contributed by atoms with Gasteiger partial charge < -0.3 is 9.30 Å². The number of thiol groups is 1. The summed E-state index contributed by atoms with van der Waals surface area (Å²) in [5, 5.41) is 10.5. The summed E-state index contributed by atoms with van der Waals surface area (Å²) in [5.41, 5.74) is -0.381. The molecule has 1 rings (SSSR count). The molecule has 1 aromatic rings. The molecule has 0 unspecified atom stereocenters. The van der Waals surface area contributed by atoms with Gasteiger partial charge in [-0.15, -0.1) is 0 Å². The Hall–Kier alpha value is -1.34. The Morgan fingerprint density at radius 3 is 2.81 bits per heavy atom. The molecule has 1 heterocycles. The Bertz CT molecular complexity index is 418. The van der Waals surface area contributed by atoms with Gasteiger partial charge in [0, 0.05) is 24.4 Å². The summed E-state index contributed by atoms with van der Waals surface area (Å²) in [6, 6.07) is 2.37. The van der Waals surface area contributed by atoms with Gasteiger partial charge in [-0.05, 0) is 0 Å². The maximum atomic E-state index is 11.3. The van der Waals surface area contributed by atoms with E-state index in [1.165, 1.54) is 22.9 Å². The van der Waals surface area contributed by atoms with Gasteiger partial charge in [0.05, 0.1) is 24.3 Å². The van der Waals surface area contributed by atoms with Crippen LogP contribution in [0.15, 0.2) is 23.1 Å². The molecule has 0 saturated carbocycles. The molecule has 0 aliphatic carbocycles. The van der Waals surface area contributed by atoms with Crippen molar-refractivity contribution in [3.05, 3.63) is 38.8 Å². The number of nitrogens with zero attached hydrogens (tertiary/aromatic N) is 2. The molecular formula is C9H12N2O4S. The Morgan fingerprint density at radius 2 is 2.19 bits per heavy atom. The molecule has 6 nitrogen and oxygen atoms in total. The van der Waals surface area contributed by atoms with E-state index in [0.717, 1.165) is 0 Å². The van der Waals surface area contributed by atoms with Crippen LogP contribution in [0.1, 0.15) is 0 Å². The molecule has 0 aliphatic heterocycles. The van der Waals surface area contributed by atoms with E-state index in [1.807, 2.05) is 0 Å². The molecule has 0 spiro atoms. The molecule has 16 heavy (non-hydrogen) atoms. The summed E-state index contributed by atoms with van der Waals surface area (Å²) < 4.78 is 6.40. The van der Waals surface area contributed by atoms with E-state index in [0.29, 0.717) is 25.5 Å². The predicted octanol–water partition coefficient (Wildman–Crippen LogP) is 0.703. The molecule has 0 amide bonds. The van der Waals surface area contributed by atoms with E-state index in [2.05, 4.69) is 12.6 Å². The number of ether oxygens (including phenoxy) is 1. The van der Waals surface area contributed by atoms with Crippen LogP contribution in [0.3, 0.4) is 0 Å². The molecular weight excluding hydrogens is 232 g/mol. The average molecular weight is 244 g/mol. The Kier molecular flexibility index (Phi) is 5.00. The van der Waals surface area contributed by atoms with Crippen LogP contribution in [0.2, 0.25) is 0 Å². The first kappa shape index (κ1) is 12.7. The fourth-order valence-electron chi connectivity index (χ4n) is 1.13. The van der Waals surface area contributed by atoms with Crippen molar-refractivity contribution < 1.29 is 9.66 Å². The first-order chi connectivity index (χ1) is 7.65. The molecule has 0 radical (unpaired) electrons. The van der Waals surface area contributed by atoms with Gasteiger partial charge in [0.25, 0.3) is 11.2 Å². The third kappa shape index (κ3) is 3.67. The Labute approximate surface area is 97.4 Å². The summed E-state index contributed by atoms with van der Waals surface area (Å²) in [6.45, 7) is 1.13. The zero-order valence-electron chi connectivity index (χ0n) is 8.54. The molecule has 0 N–H and O–H groups in total. The van der Waals surface area contributed by atoms with Gasteiger partial charge in [0.2, 0.25) is 0 Å². The summed E-state index contributed by atoms with van der Waals surface area (Å²) in [5.74, 6) is 0.601. The predicted molar refractivity (Wildman–Crippen MR) is 62.0 cm³/mol. The second-order valence-electron chi connectivity index (χ2n) is 3.01. The van der Waals surface area contributed by atoms with E-state index in [9.17, 15) is 14.9 Å². The summed E-state index contributed by atoms with van der Waals surface area (Å²) >= 11 is 3.96. The molecule has 0 aliphatic rings. The zero-order chi connectivity index (χ0) is 12.0. The highest BCUT2D eigenvalue weighted by atomic mass is 32.1. The normalized spacial score (nSPS) is 10.3. The Balaban J connectivity index is 2.67. The molecule has 0 saturated heterocycles. The minimum absolute atomic E-state index is 0.103. The summed E-state index contributed by atoms with van der Waals surface area (Å²) in [4.78, 5) is 21.3. The van der Waals surface area contributed by atoms with Crippen molar-refractivity contribution >= 4 is 18.3 Å². The quantitative estimate of drug-likeness (QED) is 0.346. The van der Waals surface area contributed by atoms with Gasteiger partial charge in [-0.25, -0.2) is 0 Å². The molecule has 0 fully saturated rings. The van der Waals surface area contributed by atoms with Crippen LogP contribution in [-0.2, 0) is 11.3 Å². The number of nitro groups is 1. The molecule has 1 aromatic heterocycles. The molecule has 88 valence electrons. The molecule has 0 atom stereocenters. The molecule has 0 bridgehead atoms. The van der Waals surface area contributed by atoms with Crippen molar-refractivity contribution in [2.24, 2.45) is 0 Å². The maximum Gasteiger partial charge on any atom is 0.285 e. The van der Waals surface area contributed by atoms with Crippen LogP contribution >= 0.6 is 12.6 Å². The van der Waals surface area contributed by atoms with Crippen LogP contribution in [0, 0.1) is 10.1 Å². The topological polar surface area (TPSA) is 74.4 Å². The number of hydrogen-bond acceptors (Lipinski definition) is 5. The van der Waals surface area contributed by atoms with E-state index in [4.69, 9.17) is 4.74 Å². The monoisotopic (exact) mass is 244 g/mol. The first-order valence-electron chi connectivity index (χ1n) is 4.68. The number of hydrogen-bond donors (Lipinski definition) is 1. The lowest BCUT2D eigenvalue weighted by atomic mass is 10.4. The largest absolute Gasteiger partial charge is 0.379 e. The van der Waals surface area contributed by atoms with Gasteiger partial charge in [-0.2, -0.15) is 12.6 Å². The van der Waals surface area contributed by atoms with Crippen molar-refractivity contribution in [3.63, 3.8) is 0 Å². The van der Waals surface area contributed by atoms with E-state index >= 15 is 0 Å². The van der Waals surface area contributed by atoms with Crippen molar-refractivity contribution in [1.29, 1.82) is 0 Å². The molecule has 0 aromatic carbocycles. The third-order valence-electron chi connectivity index (χ3n) is 1.89. The van der Waals surface area contributed by atoms with E-state index in [-0.39, 0.29) is 11.2 Å². The van der Waals surface area contributed by atoms with Crippen molar-refractivity contribution in [1.82, 2.24) is 4.57 Å². The van der Waals surface area contributed by atoms with Crippen molar-refractivity contribution in [3.8, 4) is 0 Å². The minimum atomic E-state index is -0.537. The lowest BCUT2D eigenvalue weighted by Crippen LogP contribution is -2.21. The highest BCUT2D eigenvalue weighted by Gasteiger charge is 2.07. The Morgan fingerprint density at radius 1 is 1.44 bits per heavy atom. The lowest BCUT2D eigenvalue weighted by Gasteiger charge is -2.05. The fraction of sp³-hybridized carbons (Fsp3) is 0.444. The maximum absolute atomic E-state index is 11.3. The minimum Gasteiger partial charge on any atom is -0.379 e. The van der Waals surface area contributed by atoms with E-state index < -0.39 is 4.92 Å². The fourth-order valence-corrected chi connectivity index (χ4v) is 1.26. The van der Waals surface area contributed by atoms with Crippen LogP contribution in [0.5, 0.6) is 0 Å². The number of pyridine rings is 1. The standard InChI is InChI=1S/C9H12N2O4S/c12-9-2-1-8(11(13)14)7-10(9)3-4-15-5-6-16/h1-2,7,16H,3-6H2. The second kappa shape index (κ2) is 6.29. The van der Waals surface area contributed by atoms with Crippen LogP contribution in [-0.4, -0.2) is 28.5 Å². The zero-order valence-corrected chi connectivity index (χ0v) is 9.43.